The van der Waals surface area contributed by atoms with Gasteiger partial charge < -0.3 is 10.0 Å². The van der Waals surface area contributed by atoms with Gasteiger partial charge in [-0.05, 0) is 54.5 Å². The van der Waals surface area contributed by atoms with Gasteiger partial charge in [-0.1, -0.05) is 13.2 Å². The predicted molar refractivity (Wildman–Crippen MR) is 79.0 cm³/mol. The highest BCUT2D eigenvalue weighted by atomic mass is 16.4. The molecule has 0 fully saturated rings. The summed E-state index contributed by atoms with van der Waals surface area (Å²) < 4.78 is 0. The summed E-state index contributed by atoms with van der Waals surface area (Å²) in [7, 11) is 0. The number of amides is 1. The number of hydrogen-bond acceptors (Lipinski definition) is 2. The fourth-order valence-electron chi connectivity index (χ4n) is 1.76. The molecule has 0 heterocycles. The SMILES string of the molecule is C=C(C)C(=O)O.C=CC(=O)N(C(C)(C)C)C(C)(C)C. The first-order valence-electron chi connectivity index (χ1n) is 6.10. The quantitative estimate of drug-likeness (QED) is 0.783. The van der Waals surface area contributed by atoms with Gasteiger partial charge in [0.1, 0.15) is 0 Å². The number of carboxylic acids is 1. The summed E-state index contributed by atoms with van der Waals surface area (Å²) in [6, 6.07) is 0. The zero-order chi connectivity index (χ0) is 16.0. The van der Waals surface area contributed by atoms with Crippen molar-refractivity contribution in [3.63, 3.8) is 0 Å². The van der Waals surface area contributed by atoms with Crippen LogP contribution in [-0.2, 0) is 9.59 Å². The Hall–Kier alpha value is -1.58. The second-order valence-electron chi connectivity index (χ2n) is 6.30. The Morgan fingerprint density at radius 3 is 1.37 bits per heavy atom. The molecule has 0 saturated carbocycles. The van der Waals surface area contributed by atoms with Gasteiger partial charge in [0.25, 0.3) is 0 Å². The molecule has 0 rings (SSSR count). The van der Waals surface area contributed by atoms with E-state index in [2.05, 4.69) is 13.2 Å². The fourth-order valence-corrected chi connectivity index (χ4v) is 1.76. The van der Waals surface area contributed by atoms with E-state index in [1.807, 2.05) is 46.4 Å². The van der Waals surface area contributed by atoms with Gasteiger partial charge in [-0.3, -0.25) is 4.79 Å². The lowest BCUT2D eigenvalue weighted by atomic mass is 9.96. The smallest absolute Gasteiger partial charge is 0.330 e. The Morgan fingerprint density at radius 2 is 1.32 bits per heavy atom. The number of aliphatic carboxylic acids is 1. The van der Waals surface area contributed by atoms with Crippen LogP contribution >= 0.6 is 0 Å². The zero-order valence-corrected chi connectivity index (χ0v) is 13.2. The second kappa shape index (κ2) is 7.12. The van der Waals surface area contributed by atoms with Crippen LogP contribution in [0.5, 0.6) is 0 Å². The van der Waals surface area contributed by atoms with E-state index in [4.69, 9.17) is 5.11 Å². The second-order valence-corrected chi connectivity index (χ2v) is 6.30. The molecule has 110 valence electrons. The van der Waals surface area contributed by atoms with Crippen LogP contribution in [-0.4, -0.2) is 33.0 Å². The van der Waals surface area contributed by atoms with Crippen LogP contribution in [0.2, 0.25) is 0 Å². The number of carbonyl (C=O) groups is 2. The summed E-state index contributed by atoms with van der Waals surface area (Å²) in [5.41, 5.74) is -0.150. The molecule has 1 N–H and O–H groups in total. The lowest BCUT2D eigenvalue weighted by molar-refractivity contribution is -0.137. The molecule has 0 aromatic rings. The van der Waals surface area contributed by atoms with Crippen LogP contribution in [0.4, 0.5) is 0 Å². The summed E-state index contributed by atoms with van der Waals surface area (Å²) >= 11 is 0. The summed E-state index contributed by atoms with van der Waals surface area (Å²) in [6.45, 7) is 20.3. The van der Waals surface area contributed by atoms with E-state index in [0.717, 1.165) is 0 Å². The van der Waals surface area contributed by atoms with Gasteiger partial charge in [0.05, 0.1) is 0 Å². The molecular weight excluding hydrogens is 242 g/mol. The predicted octanol–water partition coefficient (Wildman–Crippen LogP) is 3.25. The van der Waals surface area contributed by atoms with Crippen molar-refractivity contribution in [1.82, 2.24) is 4.90 Å². The van der Waals surface area contributed by atoms with Gasteiger partial charge in [-0.25, -0.2) is 4.79 Å². The van der Waals surface area contributed by atoms with E-state index in [0.29, 0.717) is 0 Å². The van der Waals surface area contributed by atoms with E-state index in [9.17, 15) is 9.59 Å². The molecule has 4 nitrogen and oxygen atoms in total. The van der Waals surface area contributed by atoms with Gasteiger partial charge in [-0.2, -0.15) is 0 Å². The highest BCUT2D eigenvalue weighted by Crippen LogP contribution is 2.24. The topological polar surface area (TPSA) is 57.6 Å². The number of nitrogens with zero attached hydrogens (tertiary/aromatic N) is 1. The minimum Gasteiger partial charge on any atom is -0.478 e. The highest BCUT2D eigenvalue weighted by Gasteiger charge is 2.33. The molecule has 0 aliphatic heterocycles. The molecule has 0 aromatic carbocycles. The number of rotatable bonds is 2. The molecule has 0 aliphatic rings. The Balaban J connectivity index is 0. The van der Waals surface area contributed by atoms with Crippen molar-refractivity contribution in [2.75, 3.05) is 0 Å². The molecule has 0 saturated heterocycles. The zero-order valence-electron chi connectivity index (χ0n) is 13.2. The summed E-state index contributed by atoms with van der Waals surface area (Å²) in [5.74, 6) is -0.949. The molecule has 4 heteroatoms. The van der Waals surface area contributed by atoms with Crippen molar-refractivity contribution in [1.29, 1.82) is 0 Å². The first kappa shape index (κ1) is 19.8. The van der Waals surface area contributed by atoms with Crippen LogP contribution in [0, 0.1) is 0 Å². The molecule has 0 aromatic heterocycles. The molecule has 0 aliphatic carbocycles. The Morgan fingerprint density at radius 1 is 1.05 bits per heavy atom. The third kappa shape index (κ3) is 8.19. The monoisotopic (exact) mass is 269 g/mol. The van der Waals surface area contributed by atoms with Crippen LogP contribution < -0.4 is 0 Å². The number of hydrogen-bond donors (Lipinski definition) is 1. The normalized spacial score (nSPS) is 10.9. The van der Waals surface area contributed by atoms with Crippen molar-refractivity contribution in [2.24, 2.45) is 0 Å². The lowest BCUT2D eigenvalue weighted by Crippen LogP contribution is -2.55. The van der Waals surface area contributed by atoms with Gasteiger partial charge >= 0.3 is 5.97 Å². The molecular formula is C15H27NO3. The van der Waals surface area contributed by atoms with Gasteiger partial charge in [0.15, 0.2) is 0 Å². The molecule has 0 unspecified atom stereocenters. The van der Waals surface area contributed by atoms with E-state index in [-0.39, 0.29) is 22.6 Å². The van der Waals surface area contributed by atoms with Crippen LogP contribution in [0.3, 0.4) is 0 Å². The van der Waals surface area contributed by atoms with Crippen molar-refractivity contribution in [3.8, 4) is 0 Å². The Kier molecular flexibility index (Phi) is 7.40. The van der Waals surface area contributed by atoms with Crippen LogP contribution in [0.25, 0.3) is 0 Å². The molecule has 0 bridgehead atoms. The van der Waals surface area contributed by atoms with Gasteiger partial charge in [0.2, 0.25) is 5.91 Å². The molecule has 0 spiro atoms. The van der Waals surface area contributed by atoms with Crippen LogP contribution in [0.1, 0.15) is 48.5 Å². The summed E-state index contributed by atoms with van der Waals surface area (Å²) in [5, 5.41) is 7.89. The average Bonchev–Trinajstić information content (AvgIpc) is 2.13. The maximum Gasteiger partial charge on any atom is 0.330 e. The van der Waals surface area contributed by atoms with Crippen LogP contribution in [0.15, 0.2) is 24.8 Å². The third-order valence-corrected chi connectivity index (χ3v) is 2.10. The van der Waals surface area contributed by atoms with Crippen molar-refractivity contribution < 1.29 is 14.7 Å². The van der Waals surface area contributed by atoms with Crippen molar-refractivity contribution in [2.45, 2.75) is 59.5 Å². The van der Waals surface area contributed by atoms with E-state index in [1.54, 1.807) is 0 Å². The molecule has 0 atom stereocenters. The Labute approximate surface area is 116 Å². The third-order valence-electron chi connectivity index (χ3n) is 2.10. The summed E-state index contributed by atoms with van der Waals surface area (Å²) in [6.07, 6.45) is 1.37. The number of carboxylic acid groups (broad SMARTS) is 1. The lowest BCUT2D eigenvalue weighted by Gasteiger charge is -2.44. The summed E-state index contributed by atoms with van der Waals surface area (Å²) in [4.78, 5) is 23.1. The van der Waals surface area contributed by atoms with Gasteiger partial charge in [0, 0.05) is 16.7 Å². The minimum atomic E-state index is -0.935. The largest absolute Gasteiger partial charge is 0.478 e. The minimum absolute atomic E-state index is 0.0139. The average molecular weight is 269 g/mol. The Bertz CT molecular complexity index is 331. The van der Waals surface area contributed by atoms with E-state index >= 15 is 0 Å². The molecule has 19 heavy (non-hydrogen) atoms. The van der Waals surface area contributed by atoms with Crippen molar-refractivity contribution >= 4 is 11.9 Å². The van der Waals surface area contributed by atoms with Crippen molar-refractivity contribution in [3.05, 3.63) is 24.8 Å². The highest BCUT2D eigenvalue weighted by molar-refractivity contribution is 5.88. The molecule has 1 amide bonds. The van der Waals surface area contributed by atoms with E-state index in [1.165, 1.54) is 13.0 Å². The maximum absolute atomic E-state index is 11.6. The first-order valence-corrected chi connectivity index (χ1v) is 6.10. The van der Waals surface area contributed by atoms with E-state index < -0.39 is 5.97 Å². The first-order chi connectivity index (χ1) is 8.25. The standard InChI is InChI=1S/C11H21NO.C4H6O2/c1-8-9(13)12(10(2,3)4)11(5,6)7;1-3(2)4(5)6/h8H,1H2,2-7H3;1H2,2H3,(H,5,6). The number of carbonyl (C=O) groups excluding carboxylic acids is 1. The maximum atomic E-state index is 11.6. The molecule has 0 radical (unpaired) electrons. The fraction of sp³-hybridized carbons (Fsp3) is 0.600. The van der Waals surface area contributed by atoms with Gasteiger partial charge in [-0.15, -0.1) is 0 Å².